The third kappa shape index (κ3) is 4.17. The van der Waals surface area contributed by atoms with Gasteiger partial charge >= 0.3 is 6.18 Å². The van der Waals surface area contributed by atoms with Gasteiger partial charge in [0.25, 0.3) is 0 Å². The molecule has 0 bridgehead atoms. The Labute approximate surface area is 79.3 Å². The summed E-state index contributed by atoms with van der Waals surface area (Å²) in [6.45, 7) is 3.35. The molecule has 0 aliphatic rings. The van der Waals surface area contributed by atoms with Crippen LogP contribution in [0.1, 0.15) is 20.3 Å². The van der Waals surface area contributed by atoms with E-state index >= 15 is 0 Å². The van der Waals surface area contributed by atoms with Crippen LogP contribution >= 0.6 is 11.6 Å². The molecule has 76 valence electrons. The van der Waals surface area contributed by atoms with E-state index in [1.807, 2.05) is 0 Å². The van der Waals surface area contributed by atoms with Gasteiger partial charge in [0, 0.05) is 0 Å². The molecule has 0 unspecified atom stereocenters. The molecule has 0 spiro atoms. The molecule has 13 heavy (non-hydrogen) atoms. The first-order chi connectivity index (χ1) is 5.79. The SMILES string of the molecule is CC/C(C)=C(Cl)\N=C(\N)C(F)(F)F. The standard InChI is InChI=1S/C7H10ClF3N2/c1-3-4(2)5(8)13-6(12)7(9,10)11/h3H2,1-2H3,(H2,12,13)/b5-4-. The van der Waals surface area contributed by atoms with Crippen LogP contribution in [0.15, 0.2) is 15.7 Å². The lowest BCUT2D eigenvalue weighted by Crippen LogP contribution is -2.31. The van der Waals surface area contributed by atoms with E-state index < -0.39 is 12.0 Å². The van der Waals surface area contributed by atoms with Crippen LogP contribution in [0.3, 0.4) is 0 Å². The molecule has 0 rings (SSSR count). The Balaban J connectivity index is 4.77. The number of rotatable bonds is 2. The Kier molecular flexibility index (Phi) is 4.26. The van der Waals surface area contributed by atoms with E-state index in [2.05, 4.69) is 10.7 Å². The number of nitrogens with two attached hydrogens (primary N) is 1. The molecule has 0 radical (unpaired) electrons. The maximum Gasteiger partial charge on any atom is 0.449 e. The Morgan fingerprint density at radius 2 is 1.92 bits per heavy atom. The normalized spacial score (nSPS) is 15.7. The van der Waals surface area contributed by atoms with E-state index in [0.29, 0.717) is 12.0 Å². The molecule has 0 saturated heterocycles. The van der Waals surface area contributed by atoms with E-state index in [-0.39, 0.29) is 5.16 Å². The van der Waals surface area contributed by atoms with Crippen LogP contribution in [0.4, 0.5) is 13.2 Å². The Hall–Kier alpha value is -0.710. The molecule has 0 atom stereocenters. The van der Waals surface area contributed by atoms with Gasteiger partial charge < -0.3 is 5.73 Å². The summed E-state index contributed by atoms with van der Waals surface area (Å²) in [6.07, 6.45) is -4.08. The fourth-order valence-corrected chi connectivity index (χ4v) is 0.635. The lowest BCUT2D eigenvalue weighted by atomic mass is 10.3. The summed E-state index contributed by atoms with van der Waals surface area (Å²) in [5, 5.41) is -0.197. The van der Waals surface area contributed by atoms with Crippen LogP contribution in [0, 0.1) is 0 Å². The van der Waals surface area contributed by atoms with Gasteiger partial charge in [-0.3, -0.25) is 0 Å². The van der Waals surface area contributed by atoms with Gasteiger partial charge in [0.15, 0.2) is 0 Å². The summed E-state index contributed by atoms with van der Waals surface area (Å²) < 4.78 is 35.5. The number of alkyl halides is 3. The second kappa shape index (κ2) is 4.50. The zero-order valence-electron chi connectivity index (χ0n) is 7.24. The lowest BCUT2D eigenvalue weighted by Gasteiger charge is -2.05. The van der Waals surface area contributed by atoms with Crippen LogP contribution in [-0.2, 0) is 0 Å². The highest BCUT2D eigenvalue weighted by atomic mass is 35.5. The van der Waals surface area contributed by atoms with Crippen molar-refractivity contribution in [3.63, 3.8) is 0 Å². The first-order valence-corrected chi connectivity index (χ1v) is 3.93. The highest BCUT2D eigenvalue weighted by Crippen LogP contribution is 2.19. The molecule has 0 aliphatic heterocycles. The molecule has 2 nitrogen and oxygen atoms in total. The number of hydrogen-bond donors (Lipinski definition) is 1. The van der Waals surface area contributed by atoms with Crippen LogP contribution in [0.2, 0.25) is 0 Å². The smallest absolute Gasteiger partial charge is 0.380 e. The second-order valence-corrected chi connectivity index (χ2v) is 2.78. The molecule has 2 N–H and O–H groups in total. The highest BCUT2D eigenvalue weighted by Gasteiger charge is 2.33. The number of aliphatic imine (C=N–C) groups is 1. The Morgan fingerprint density at radius 1 is 1.46 bits per heavy atom. The van der Waals surface area contributed by atoms with Gasteiger partial charge in [0.05, 0.1) is 0 Å². The van der Waals surface area contributed by atoms with Crippen molar-refractivity contribution in [3.05, 3.63) is 10.7 Å². The molecule has 0 amide bonds. The summed E-state index contributed by atoms with van der Waals surface area (Å²) >= 11 is 5.44. The average molecular weight is 215 g/mol. The maximum atomic E-state index is 11.8. The first kappa shape index (κ1) is 12.3. The van der Waals surface area contributed by atoms with E-state index in [9.17, 15) is 13.2 Å². The van der Waals surface area contributed by atoms with Crippen molar-refractivity contribution in [1.29, 1.82) is 0 Å². The van der Waals surface area contributed by atoms with Crippen molar-refractivity contribution < 1.29 is 13.2 Å². The summed E-state index contributed by atoms with van der Waals surface area (Å²) in [7, 11) is 0. The molecule has 0 fully saturated rings. The highest BCUT2D eigenvalue weighted by molar-refractivity contribution is 6.30. The minimum Gasteiger partial charge on any atom is -0.380 e. The summed E-state index contributed by atoms with van der Waals surface area (Å²) in [5.41, 5.74) is 5.21. The van der Waals surface area contributed by atoms with Crippen LogP contribution < -0.4 is 5.73 Å². The number of hydrogen-bond acceptors (Lipinski definition) is 1. The fraction of sp³-hybridized carbons (Fsp3) is 0.571. The fourth-order valence-electron chi connectivity index (χ4n) is 0.410. The number of amidine groups is 1. The van der Waals surface area contributed by atoms with Crippen molar-refractivity contribution in [3.8, 4) is 0 Å². The zero-order valence-corrected chi connectivity index (χ0v) is 8.00. The average Bonchev–Trinajstić information content (AvgIpc) is 2.01. The monoisotopic (exact) mass is 214 g/mol. The van der Waals surface area contributed by atoms with Gasteiger partial charge in [-0.25, -0.2) is 4.99 Å². The number of halogens is 4. The van der Waals surface area contributed by atoms with Crippen LogP contribution in [0.5, 0.6) is 0 Å². The van der Waals surface area contributed by atoms with Crippen molar-refractivity contribution in [1.82, 2.24) is 0 Å². The topological polar surface area (TPSA) is 38.4 Å². The molecular weight excluding hydrogens is 205 g/mol. The molecule has 0 saturated carbocycles. The van der Waals surface area contributed by atoms with Gasteiger partial charge in [0.1, 0.15) is 5.16 Å². The van der Waals surface area contributed by atoms with Gasteiger partial charge in [-0.15, -0.1) is 0 Å². The minimum atomic E-state index is -4.62. The second-order valence-electron chi connectivity index (χ2n) is 2.42. The predicted octanol–water partition coefficient (Wildman–Crippen LogP) is 2.79. The lowest BCUT2D eigenvalue weighted by molar-refractivity contribution is -0.0598. The first-order valence-electron chi connectivity index (χ1n) is 3.55. The third-order valence-corrected chi connectivity index (χ3v) is 1.80. The Bertz CT molecular complexity index is 243. The van der Waals surface area contributed by atoms with Crippen molar-refractivity contribution >= 4 is 17.4 Å². The van der Waals surface area contributed by atoms with E-state index in [1.54, 1.807) is 13.8 Å². The van der Waals surface area contributed by atoms with Crippen LogP contribution in [-0.4, -0.2) is 12.0 Å². The van der Waals surface area contributed by atoms with E-state index in [0.717, 1.165) is 0 Å². The quantitative estimate of drug-likeness (QED) is 0.429. The molecule has 0 heterocycles. The van der Waals surface area contributed by atoms with E-state index in [4.69, 9.17) is 11.6 Å². The van der Waals surface area contributed by atoms with E-state index in [1.165, 1.54) is 0 Å². The number of nitrogens with zero attached hydrogens (tertiary/aromatic N) is 1. The largest absolute Gasteiger partial charge is 0.449 e. The summed E-state index contributed by atoms with van der Waals surface area (Å²) in [6, 6.07) is 0. The summed E-state index contributed by atoms with van der Waals surface area (Å²) in [4.78, 5) is 3.03. The van der Waals surface area contributed by atoms with Gasteiger partial charge in [0.2, 0.25) is 5.84 Å². The zero-order chi connectivity index (χ0) is 10.6. The van der Waals surface area contributed by atoms with Gasteiger partial charge in [-0.05, 0) is 18.9 Å². The van der Waals surface area contributed by atoms with Crippen molar-refractivity contribution in [2.75, 3.05) is 0 Å². The summed E-state index contributed by atoms with van der Waals surface area (Å²) in [5.74, 6) is -1.43. The van der Waals surface area contributed by atoms with Crippen LogP contribution in [0.25, 0.3) is 0 Å². The minimum absolute atomic E-state index is 0.197. The van der Waals surface area contributed by atoms with Gasteiger partial charge in [-0.1, -0.05) is 18.5 Å². The van der Waals surface area contributed by atoms with Crippen molar-refractivity contribution in [2.45, 2.75) is 26.4 Å². The third-order valence-electron chi connectivity index (χ3n) is 1.39. The molecule has 6 heteroatoms. The molecule has 0 aliphatic carbocycles. The number of allylic oxidation sites excluding steroid dienone is 1. The predicted molar refractivity (Wildman–Crippen MR) is 46.5 cm³/mol. The molecule has 0 aromatic rings. The molecular formula is C7H10ClF3N2. The van der Waals surface area contributed by atoms with Gasteiger partial charge in [-0.2, -0.15) is 13.2 Å². The maximum absolute atomic E-state index is 11.8. The Morgan fingerprint density at radius 3 is 2.23 bits per heavy atom. The van der Waals surface area contributed by atoms with Crippen molar-refractivity contribution in [2.24, 2.45) is 10.7 Å². The molecule has 0 aromatic heterocycles. The molecule has 0 aromatic carbocycles.